The van der Waals surface area contributed by atoms with E-state index in [0.717, 1.165) is 19.3 Å². The third kappa shape index (κ3) is 4.93. The highest BCUT2D eigenvalue weighted by Crippen LogP contribution is 2.51. The van der Waals surface area contributed by atoms with Crippen molar-refractivity contribution in [3.8, 4) is 11.1 Å². The Morgan fingerprint density at radius 3 is 2.63 bits per heavy atom. The van der Waals surface area contributed by atoms with Crippen molar-refractivity contribution in [3.05, 3.63) is 59.7 Å². The Morgan fingerprint density at radius 2 is 1.87 bits per heavy atom. The van der Waals surface area contributed by atoms with Gasteiger partial charge in [0.1, 0.15) is 0 Å². The minimum absolute atomic E-state index is 0.0374. The van der Waals surface area contributed by atoms with Gasteiger partial charge in [-0.2, -0.15) is 0 Å². The summed E-state index contributed by atoms with van der Waals surface area (Å²) in [7, 11) is -3.21. The van der Waals surface area contributed by atoms with Gasteiger partial charge >= 0.3 is 0 Å². The fraction of sp³-hybridized carbons (Fsp3) is 0.458. The minimum Gasteiger partial charge on any atom is -0.342 e. The van der Waals surface area contributed by atoms with Crippen molar-refractivity contribution in [2.75, 3.05) is 19.3 Å². The zero-order valence-electron chi connectivity index (χ0n) is 17.7. The Balaban J connectivity index is 1.45. The first kappa shape index (κ1) is 21.1. The molecule has 0 unspecified atom stereocenters. The summed E-state index contributed by atoms with van der Waals surface area (Å²) in [5, 5.41) is 0. The molecule has 2 aromatic rings. The SMILES string of the molecule is Cc1cccc(-c2ccccc2[C@@H]2C[C@H]2C(=O)N2CCC[C@H](NS(C)(=O)=O)CC2)c1. The molecule has 1 saturated carbocycles. The Bertz CT molecular complexity index is 1030. The van der Waals surface area contributed by atoms with Crippen LogP contribution in [-0.4, -0.2) is 44.6 Å². The van der Waals surface area contributed by atoms with Crippen molar-refractivity contribution in [3.63, 3.8) is 0 Å². The Hall–Kier alpha value is -2.18. The average molecular weight is 427 g/mol. The van der Waals surface area contributed by atoms with E-state index in [9.17, 15) is 13.2 Å². The molecule has 1 aliphatic carbocycles. The van der Waals surface area contributed by atoms with Crippen molar-refractivity contribution in [1.82, 2.24) is 9.62 Å². The number of nitrogens with one attached hydrogen (secondary N) is 1. The second-order valence-corrected chi connectivity index (χ2v) is 10.5. The van der Waals surface area contributed by atoms with Gasteiger partial charge < -0.3 is 4.90 Å². The standard InChI is InChI=1S/C24H30N2O3S/c1-17-7-5-8-18(15-17)20-10-3-4-11-21(20)22-16-23(22)24(27)26-13-6-9-19(12-14-26)25-30(2,28)29/h3-5,7-8,10-11,15,19,22-23,25H,6,9,12-14,16H2,1-2H3/t19-,22-,23+/m0/s1. The van der Waals surface area contributed by atoms with Crippen LogP contribution in [0.2, 0.25) is 0 Å². The fourth-order valence-corrected chi connectivity index (χ4v) is 5.52. The maximum absolute atomic E-state index is 13.2. The third-order valence-corrected chi connectivity index (χ3v) is 6.98. The lowest BCUT2D eigenvalue weighted by Crippen LogP contribution is -2.36. The Morgan fingerprint density at radius 1 is 1.07 bits per heavy atom. The van der Waals surface area contributed by atoms with E-state index in [2.05, 4.69) is 60.2 Å². The molecule has 0 bridgehead atoms. The molecule has 3 atom stereocenters. The number of amides is 1. The molecule has 6 heteroatoms. The predicted molar refractivity (Wildman–Crippen MR) is 120 cm³/mol. The summed E-state index contributed by atoms with van der Waals surface area (Å²) in [5.74, 6) is 0.525. The normalized spacial score (nSPS) is 24.3. The molecule has 1 N–H and O–H groups in total. The second-order valence-electron chi connectivity index (χ2n) is 8.75. The van der Waals surface area contributed by atoms with E-state index in [1.807, 2.05) is 4.90 Å². The maximum Gasteiger partial charge on any atom is 0.226 e. The molecule has 0 spiro atoms. The number of carbonyl (C=O) groups is 1. The number of hydrogen-bond acceptors (Lipinski definition) is 3. The predicted octanol–water partition coefficient (Wildman–Crippen LogP) is 3.70. The molecule has 1 aliphatic heterocycles. The van der Waals surface area contributed by atoms with Crippen LogP contribution in [-0.2, 0) is 14.8 Å². The van der Waals surface area contributed by atoms with Gasteiger partial charge in [-0.05, 0) is 55.2 Å². The van der Waals surface area contributed by atoms with Crippen molar-refractivity contribution < 1.29 is 13.2 Å². The van der Waals surface area contributed by atoms with Gasteiger partial charge in [0.05, 0.1) is 6.26 Å². The first-order chi connectivity index (χ1) is 14.3. The van der Waals surface area contributed by atoms with Crippen LogP contribution >= 0.6 is 0 Å². The summed E-state index contributed by atoms with van der Waals surface area (Å²) in [6, 6.07) is 16.9. The lowest BCUT2D eigenvalue weighted by molar-refractivity contribution is -0.132. The highest BCUT2D eigenvalue weighted by Gasteiger charge is 2.46. The molecule has 1 saturated heterocycles. The summed E-state index contributed by atoms with van der Waals surface area (Å²) < 4.78 is 25.7. The molecule has 2 aromatic carbocycles. The van der Waals surface area contributed by atoms with Crippen molar-refractivity contribution in [2.45, 2.75) is 44.6 Å². The van der Waals surface area contributed by atoms with E-state index < -0.39 is 10.0 Å². The van der Waals surface area contributed by atoms with Crippen LogP contribution in [0.5, 0.6) is 0 Å². The molecule has 30 heavy (non-hydrogen) atoms. The van der Waals surface area contributed by atoms with Crippen LogP contribution in [0, 0.1) is 12.8 Å². The summed E-state index contributed by atoms with van der Waals surface area (Å²) in [5.41, 5.74) is 4.91. The number of nitrogens with zero attached hydrogens (tertiary/aromatic N) is 1. The summed E-state index contributed by atoms with van der Waals surface area (Å²) in [6.07, 6.45) is 4.37. The summed E-state index contributed by atoms with van der Waals surface area (Å²) >= 11 is 0. The quantitative estimate of drug-likeness (QED) is 0.793. The second kappa shape index (κ2) is 8.52. The van der Waals surface area contributed by atoms with Crippen LogP contribution in [0.3, 0.4) is 0 Å². The van der Waals surface area contributed by atoms with Gasteiger partial charge in [0, 0.05) is 25.0 Å². The van der Waals surface area contributed by atoms with Gasteiger partial charge in [0.25, 0.3) is 0 Å². The Kier molecular flexibility index (Phi) is 5.98. The van der Waals surface area contributed by atoms with Gasteiger partial charge in [-0.25, -0.2) is 13.1 Å². The van der Waals surface area contributed by atoms with Gasteiger partial charge in [-0.3, -0.25) is 4.79 Å². The van der Waals surface area contributed by atoms with E-state index in [0.29, 0.717) is 19.5 Å². The number of aryl methyl sites for hydroxylation is 1. The van der Waals surface area contributed by atoms with Crippen LogP contribution in [0.4, 0.5) is 0 Å². The van der Waals surface area contributed by atoms with Gasteiger partial charge in [0.2, 0.25) is 15.9 Å². The zero-order valence-corrected chi connectivity index (χ0v) is 18.5. The van der Waals surface area contributed by atoms with E-state index in [4.69, 9.17) is 0 Å². The van der Waals surface area contributed by atoms with E-state index in [1.165, 1.54) is 28.5 Å². The van der Waals surface area contributed by atoms with Crippen LogP contribution < -0.4 is 4.72 Å². The van der Waals surface area contributed by atoms with Crippen molar-refractivity contribution in [2.24, 2.45) is 5.92 Å². The van der Waals surface area contributed by atoms with E-state index in [1.54, 1.807) is 0 Å². The van der Waals surface area contributed by atoms with E-state index in [-0.39, 0.29) is 23.8 Å². The van der Waals surface area contributed by atoms with Gasteiger partial charge in [-0.1, -0.05) is 54.1 Å². The maximum atomic E-state index is 13.2. The summed E-state index contributed by atoms with van der Waals surface area (Å²) in [6.45, 7) is 3.43. The third-order valence-electron chi connectivity index (χ3n) is 6.22. The lowest BCUT2D eigenvalue weighted by Gasteiger charge is -2.21. The number of hydrogen-bond donors (Lipinski definition) is 1. The number of benzene rings is 2. The molecule has 0 aromatic heterocycles. The number of carbonyl (C=O) groups excluding carboxylic acids is 1. The molecule has 1 amide bonds. The van der Waals surface area contributed by atoms with Gasteiger partial charge in [-0.15, -0.1) is 0 Å². The molecule has 2 aliphatic rings. The first-order valence-corrected chi connectivity index (χ1v) is 12.6. The number of likely N-dealkylation sites (tertiary alicyclic amines) is 1. The van der Waals surface area contributed by atoms with Gasteiger partial charge in [0.15, 0.2) is 0 Å². The molecule has 5 nitrogen and oxygen atoms in total. The van der Waals surface area contributed by atoms with E-state index >= 15 is 0 Å². The smallest absolute Gasteiger partial charge is 0.226 e. The lowest BCUT2D eigenvalue weighted by atomic mass is 9.95. The van der Waals surface area contributed by atoms with Crippen LogP contribution in [0.25, 0.3) is 11.1 Å². The molecule has 0 radical (unpaired) electrons. The highest BCUT2D eigenvalue weighted by atomic mass is 32.2. The average Bonchev–Trinajstić information content (AvgIpc) is 3.51. The van der Waals surface area contributed by atoms with Crippen molar-refractivity contribution in [1.29, 1.82) is 0 Å². The molecular formula is C24H30N2O3S. The first-order valence-electron chi connectivity index (χ1n) is 10.7. The molecule has 1 heterocycles. The zero-order chi connectivity index (χ0) is 21.3. The highest BCUT2D eigenvalue weighted by molar-refractivity contribution is 7.88. The fourth-order valence-electron chi connectivity index (χ4n) is 4.68. The van der Waals surface area contributed by atoms with Crippen molar-refractivity contribution >= 4 is 15.9 Å². The largest absolute Gasteiger partial charge is 0.342 e. The molecule has 2 fully saturated rings. The molecule has 4 rings (SSSR count). The number of rotatable bonds is 5. The minimum atomic E-state index is -3.21. The molecular weight excluding hydrogens is 396 g/mol. The summed E-state index contributed by atoms with van der Waals surface area (Å²) in [4.78, 5) is 15.1. The topological polar surface area (TPSA) is 66.5 Å². The molecule has 160 valence electrons. The Labute approximate surface area is 179 Å². The monoisotopic (exact) mass is 426 g/mol. The van der Waals surface area contributed by atoms with Crippen LogP contribution in [0.15, 0.2) is 48.5 Å². The van der Waals surface area contributed by atoms with Crippen LogP contribution in [0.1, 0.15) is 42.7 Å². The number of sulfonamides is 1.